The Morgan fingerprint density at radius 1 is 1.20 bits per heavy atom. The van der Waals surface area contributed by atoms with Gasteiger partial charge < -0.3 is 9.42 Å². The summed E-state index contributed by atoms with van der Waals surface area (Å²) in [4.78, 5) is 13.9. The first-order chi connectivity index (χ1) is 9.76. The number of aromatic nitrogens is 1. The monoisotopic (exact) mass is 268 g/mol. The van der Waals surface area contributed by atoms with E-state index in [4.69, 9.17) is 4.52 Å². The number of amides is 1. The molecule has 0 atom stereocenters. The summed E-state index contributed by atoms with van der Waals surface area (Å²) < 4.78 is 5.23. The molecule has 0 radical (unpaired) electrons. The molecule has 0 saturated heterocycles. The molecule has 0 bridgehead atoms. The first-order valence-corrected chi connectivity index (χ1v) is 6.29. The van der Waals surface area contributed by atoms with Crippen LogP contribution >= 0.6 is 0 Å². The van der Waals surface area contributed by atoms with E-state index in [1.54, 1.807) is 23.1 Å². The van der Waals surface area contributed by atoms with Gasteiger partial charge in [-0.1, -0.05) is 47.6 Å². The maximum absolute atomic E-state index is 12.3. The molecule has 0 saturated carbocycles. The van der Waals surface area contributed by atoms with E-state index in [0.29, 0.717) is 18.8 Å². The molecule has 1 heterocycles. The number of benzene rings is 1. The number of rotatable bonds is 6. The van der Waals surface area contributed by atoms with Gasteiger partial charge in [-0.15, -0.1) is 13.2 Å². The predicted octanol–water partition coefficient (Wildman–Crippen LogP) is 3.16. The van der Waals surface area contributed by atoms with Gasteiger partial charge in [0, 0.05) is 24.7 Å². The fourth-order valence-corrected chi connectivity index (χ4v) is 1.83. The van der Waals surface area contributed by atoms with Crippen molar-refractivity contribution in [1.82, 2.24) is 10.1 Å². The fraction of sp³-hybridized carbons (Fsp3) is 0.125. The smallest absolute Gasteiger partial charge is 0.276 e. The number of carbonyl (C=O) groups excluding carboxylic acids is 1. The lowest BCUT2D eigenvalue weighted by Crippen LogP contribution is -2.31. The van der Waals surface area contributed by atoms with E-state index in [1.165, 1.54) is 0 Å². The van der Waals surface area contributed by atoms with Crippen LogP contribution < -0.4 is 0 Å². The summed E-state index contributed by atoms with van der Waals surface area (Å²) in [5, 5.41) is 3.84. The number of hydrogen-bond acceptors (Lipinski definition) is 3. The zero-order chi connectivity index (χ0) is 14.4. The Balaban J connectivity index is 2.21. The molecule has 4 heteroatoms. The van der Waals surface area contributed by atoms with Crippen LogP contribution in [0.2, 0.25) is 0 Å². The van der Waals surface area contributed by atoms with Crippen LogP contribution in [0.1, 0.15) is 10.5 Å². The van der Waals surface area contributed by atoms with Gasteiger partial charge in [-0.05, 0) is 0 Å². The fourth-order valence-electron chi connectivity index (χ4n) is 1.83. The summed E-state index contributed by atoms with van der Waals surface area (Å²) in [6.45, 7) is 8.16. The lowest BCUT2D eigenvalue weighted by Gasteiger charge is -2.17. The Bertz CT molecular complexity index is 592. The molecule has 0 unspecified atom stereocenters. The third kappa shape index (κ3) is 3.03. The topological polar surface area (TPSA) is 46.3 Å². The third-order valence-corrected chi connectivity index (χ3v) is 2.77. The van der Waals surface area contributed by atoms with Crippen LogP contribution in [0.4, 0.5) is 0 Å². The molecule has 0 fully saturated rings. The van der Waals surface area contributed by atoms with Crippen LogP contribution in [0, 0.1) is 0 Å². The first kappa shape index (κ1) is 13.8. The van der Waals surface area contributed by atoms with Crippen molar-refractivity contribution in [3.63, 3.8) is 0 Å². The third-order valence-electron chi connectivity index (χ3n) is 2.77. The molecular formula is C16H16N2O2. The second kappa shape index (κ2) is 6.52. The number of hydrogen-bond donors (Lipinski definition) is 0. The van der Waals surface area contributed by atoms with E-state index in [1.807, 2.05) is 30.3 Å². The van der Waals surface area contributed by atoms with E-state index in [0.717, 1.165) is 5.56 Å². The molecule has 0 spiro atoms. The Kier molecular flexibility index (Phi) is 4.50. The van der Waals surface area contributed by atoms with Crippen LogP contribution in [0.15, 0.2) is 66.2 Å². The van der Waals surface area contributed by atoms with Crippen molar-refractivity contribution in [1.29, 1.82) is 0 Å². The molecule has 0 aliphatic heterocycles. The second-order valence-electron chi connectivity index (χ2n) is 4.23. The van der Waals surface area contributed by atoms with Crippen LogP contribution in [-0.2, 0) is 0 Å². The summed E-state index contributed by atoms with van der Waals surface area (Å²) in [5.41, 5.74) is 1.17. The Labute approximate surface area is 118 Å². The zero-order valence-corrected chi connectivity index (χ0v) is 11.2. The molecule has 1 aromatic carbocycles. The summed E-state index contributed by atoms with van der Waals surface area (Å²) in [6.07, 6.45) is 3.33. The van der Waals surface area contributed by atoms with Crippen LogP contribution in [-0.4, -0.2) is 29.1 Å². The molecule has 1 amide bonds. The molecule has 0 aliphatic rings. The highest BCUT2D eigenvalue weighted by Crippen LogP contribution is 2.20. The molecular weight excluding hydrogens is 252 g/mol. The van der Waals surface area contributed by atoms with Crippen molar-refractivity contribution < 1.29 is 9.32 Å². The van der Waals surface area contributed by atoms with E-state index >= 15 is 0 Å². The van der Waals surface area contributed by atoms with Crippen molar-refractivity contribution in [2.75, 3.05) is 13.1 Å². The maximum atomic E-state index is 12.3. The van der Waals surface area contributed by atoms with Crippen molar-refractivity contribution in [2.24, 2.45) is 0 Å². The number of nitrogens with zero attached hydrogens (tertiary/aromatic N) is 2. The molecule has 2 aromatic rings. The summed E-state index contributed by atoms with van der Waals surface area (Å²) in [7, 11) is 0. The van der Waals surface area contributed by atoms with Gasteiger partial charge in [0.2, 0.25) is 0 Å². The van der Waals surface area contributed by atoms with Gasteiger partial charge in [-0.25, -0.2) is 0 Å². The molecule has 2 rings (SSSR count). The average molecular weight is 268 g/mol. The zero-order valence-electron chi connectivity index (χ0n) is 11.2. The Morgan fingerprint density at radius 3 is 2.45 bits per heavy atom. The van der Waals surface area contributed by atoms with Crippen LogP contribution in [0.3, 0.4) is 0 Å². The summed E-state index contributed by atoms with van der Waals surface area (Å²) in [6, 6.07) is 11.2. The second-order valence-corrected chi connectivity index (χ2v) is 4.23. The summed E-state index contributed by atoms with van der Waals surface area (Å²) in [5.74, 6) is 0.377. The quantitative estimate of drug-likeness (QED) is 0.756. The molecule has 0 N–H and O–H groups in total. The van der Waals surface area contributed by atoms with Crippen molar-refractivity contribution >= 4 is 5.91 Å². The van der Waals surface area contributed by atoms with E-state index in [9.17, 15) is 4.79 Å². The first-order valence-electron chi connectivity index (χ1n) is 6.29. The molecule has 102 valence electrons. The highest BCUT2D eigenvalue weighted by molar-refractivity contribution is 5.93. The van der Waals surface area contributed by atoms with E-state index in [-0.39, 0.29) is 11.6 Å². The largest absolute Gasteiger partial charge is 0.355 e. The van der Waals surface area contributed by atoms with E-state index in [2.05, 4.69) is 18.3 Å². The SMILES string of the molecule is C=CCN(CC=C)C(=O)c1cc(-c2ccccc2)on1. The predicted molar refractivity (Wildman–Crippen MR) is 78.2 cm³/mol. The van der Waals surface area contributed by atoms with Gasteiger partial charge in [0.1, 0.15) is 0 Å². The average Bonchev–Trinajstić information content (AvgIpc) is 2.97. The minimum absolute atomic E-state index is 0.198. The minimum Gasteiger partial charge on any atom is -0.355 e. The summed E-state index contributed by atoms with van der Waals surface area (Å²) >= 11 is 0. The Hall–Kier alpha value is -2.62. The minimum atomic E-state index is -0.198. The molecule has 1 aromatic heterocycles. The van der Waals surface area contributed by atoms with Gasteiger partial charge in [0.25, 0.3) is 5.91 Å². The lowest BCUT2D eigenvalue weighted by atomic mass is 10.1. The van der Waals surface area contributed by atoms with Crippen molar-refractivity contribution in [2.45, 2.75) is 0 Å². The van der Waals surface area contributed by atoms with Crippen molar-refractivity contribution in [3.05, 3.63) is 67.4 Å². The lowest BCUT2D eigenvalue weighted by molar-refractivity contribution is 0.0780. The van der Waals surface area contributed by atoms with Gasteiger partial charge in [0.05, 0.1) is 0 Å². The standard InChI is InChI=1S/C16H16N2O2/c1-3-10-18(11-4-2)16(19)14-12-15(20-17-14)13-8-6-5-7-9-13/h3-9,12H,1-2,10-11H2. The highest BCUT2D eigenvalue weighted by Gasteiger charge is 2.18. The van der Waals surface area contributed by atoms with Gasteiger partial charge >= 0.3 is 0 Å². The van der Waals surface area contributed by atoms with Crippen LogP contribution in [0.5, 0.6) is 0 Å². The normalized spacial score (nSPS) is 10.0. The van der Waals surface area contributed by atoms with Gasteiger partial charge in [0.15, 0.2) is 11.5 Å². The maximum Gasteiger partial charge on any atom is 0.276 e. The van der Waals surface area contributed by atoms with Gasteiger partial charge in [-0.2, -0.15) is 0 Å². The highest BCUT2D eigenvalue weighted by atomic mass is 16.5. The molecule has 0 aliphatic carbocycles. The molecule has 4 nitrogen and oxygen atoms in total. The molecule has 20 heavy (non-hydrogen) atoms. The van der Waals surface area contributed by atoms with Gasteiger partial charge in [-0.3, -0.25) is 4.79 Å². The van der Waals surface area contributed by atoms with Crippen LogP contribution in [0.25, 0.3) is 11.3 Å². The van der Waals surface area contributed by atoms with Crippen molar-refractivity contribution in [3.8, 4) is 11.3 Å². The number of carbonyl (C=O) groups is 1. The Morgan fingerprint density at radius 2 is 1.85 bits per heavy atom. The van der Waals surface area contributed by atoms with E-state index < -0.39 is 0 Å².